The average molecular weight is 348 g/mol. The largest absolute Gasteiger partial charge is 0.448 e. The summed E-state index contributed by atoms with van der Waals surface area (Å²) < 4.78 is 10.3. The van der Waals surface area contributed by atoms with Crippen LogP contribution in [0.25, 0.3) is 0 Å². The fourth-order valence-electron chi connectivity index (χ4n) is 2.28. The first-order valence-corrected chi connectivity index (χ1v) is 8.29. The van der Waals surface area contributed by atoms with Gasteiger partial charge in [0.1, 0.15) is 11.5 Å². The van der Waals surface area contributed by atoms with Gasteiger partial charge in [-0.2, -0.15) is 0 Å². The summed E-state index contributed by atoms with van der Waals surface area (Å²) in [5, 5.41) is 5.67. The van der Waals surface area contributed by atoms with Crippen LogP contribution in [0.1, 0.15) is 60.2 Å². The molecule has 8 nitrogen and oxygen atoms in total. The molecule has 0 aliphatic rings. The topological polar surface area (TPSA) is 110 Å². The number of oxazole rings is 2. The van der Waals surface area contributed by atoms with Gasteiger partial charge in [-0.1, -0.05) is 27.7 Å². The molecule has 2 rings (SSSR count). The van der Waals surface area contributed by atoms with Gasteiger partial charge in [0.25, 0.3) is 11.8 Å². The lowest BCUT2D eigenvalue weighted by molar-refractivity contribution is 0.0913. The number of aromatic nitrogens is 2. The lowest BCUT2D eigenvalue weighted by atomic mass is 9.93. The molecular weight excluding hydrogens is 324 g/mol. The Morgan fingerprint density at radius 3 is 1.68 bits per heavy atom. The van der Waals surface area contributed by atoms with Crippen LogP contribution in [0.4, 0.5) is 0 Å². The van der Waals surface area contributed by atoms with Crippen LogP contribution in [0, 0.1) is 5.41 Å². The zero-order chi connectivity index (χ0) is 18.4. The second-order valence-electron chi connectivity index (χ2n) is 6.48. The molecule has 0 saturated heterocycles. The van der Waals surface area contributed by atoms with E-state index >= 15 is 0 Å². The molecular formula is C17H24N4O4. The molecule has 0 spiro atoms. The summed E-state index contributed by atoms with van der Waals surface area (Å²) >= 11 is 0. The molecule has 136 valence electrons. The van der Waals surface area contributed by atoms with E-state index in [0.29, 0.717) is 48.8 Å². The lowest BCUT2D eigenvalue weighted by Gasteiger charge is -2.25. The summed E-state index contributed by atoms with van der Waals surface area (Å²) in [5.41, 5.74) is 0.257. The van der Waals surface area contributed by atoms with Gasteiger partial charge >= 0.3 is 0 Å². The highest BCUT2D eigenvalue weighted by atomic mass is 16.3. The number of rotatable bonds is 8. The van der Waals surface area contributed by atoms with E-state index in [1.165, 1.54) is 12.8 Å². The van der Waals surface area contributed by atoms with Gasteiger partial charge in [0.15, 0.2) is 24.2 Å². The van der Waals surface area contributed by atoms with Gasteiger partial charge < -0.3 is 19.5 Å². The third kappa shape index (κ3) is 4.68. The van der Waals surface area contributed by atoms with Crippen molar-refractivity contribution in [1.29, 1.82) is 0 Å². The third-order valence-electron chi connectivity index (χ3n) is 3.81. The average Bonchev–Trinajstić information content (AvgIpc) is 3.26. The summed E-state index contributed by atoms with van der Waals surface area (Å²) in [6, 6.07) is 0. The Labute approximate surface area is 146 Å². The Morgan fingerprint density at radius 2 is 1.32 bits per heavy atom. The van der Waals surface area contributed by atoms with Crippen LogP contribution in [0.15, 0.2) is 21.6 Å². The number of nitrogens with zero attached hydrogens (tertiary/aromatic N) is 2. The Morgan fingerprint density at radius 1 is 0.920 bits per heavy atom. The van der Waals surface area contributed by atoms with Crippen LogP contribution < -0.4 is 10.6 Å². The first kappa shape index (κ1) is 18.7. The number of aryl methyl sites for hydroxylation is 2. The maximum Gasteiger partial charge on any atom is 0.273 e. The zero-order valence-electron chi connectivity index (χ0n) is 15.0. The summed E-state index contributed by atoms with van der Waals surface area (Å²) in [6.07, 6.45) is 3.73. The molecule has 0 aliphatic carbocycles. The number of hydrogen-bond acceptors (Lipinski definition) is 6. The predicted molar refractivity (Wildman–Crippen MR) is 90.2 cm³/mol. The molecule has 0 aliphatic heterocycles. The molecule has 2 aromatic rings. The zero-order valence-corrected chi connectivity index (χ0v) is 15.0. The Kier molecular flexibility index (Phi) is 5.95. The third-order valence-corrected chi connectivity index (χ3v) is 3.81. The lowest BCUT2D eigenvalue weighted by Crippen LogP contribution is -2.42. The smallest absolute Gasteiger partial charge is 0.273 e. The van der Waals surface area contributed by atoms with E-state index in [4.69, 9.17) is 8.83 Å². The van der Waals surface area contributed by atoms with Gasteiger partial charge in [-0.05, 0) is 5.41 Å². The summed E-state index contributed by atoms with van der Waals surface area (Å²) in [6.45, 7) is 8.43. The minimum atomic E-state index is -0.350. The normalized spacial score (nSPS) is 11.4. The summed E-state index contributed by atoms with van der Waals surface area (Å²) in [4.78, 5) is 32.3. The molecule has 0 aromatic carbocycles. The molecule has 25 heavy (non-hydrogen) atoms. The highest BCUT2D eigenvalue weighted by molar-refractivity contribution is 5.93. The Balaban J connectivity index is 1.87. The minimum Gasteiger partial charge on any atom is -0.448 e. The monoisotopic (exact) mass is 348 g/mol. The van der Waals surface area contributed by atoms with Crippen molar-refractivity contribution >= 4 is 11.8 Å². The Bertz CT molecular complexity index is 672. The van der Waals surface area contributed by atoms with Crippen LogP contribution in [0.2, 0.25) is 0 Å². The number of nitrogens with one attached hydrogen (secondary N) is 2. The van der Waals surface area contributed by atoms with Crippen LogP contribution in [-0.4, -0.2) is 34.9 Å². The first-order chi connectivity index (χ1) is 11.9. The quantitative estimate of drug-likeness (QED) is 0.755. The Hall–Kier alpha value is -2.64. The second-order valence-corrected chi connectivity index (χ2v) is 6.48. The maximum atomic E-state index is 12.2. The molecule has 0 bridgehead atoms. The molecule has 0 radical (unpaired) electrons. The fraction of sp³-hybridized carbons (Fsp3) is 0.529. The van der Waals surface area contributed by atoms with Crippen molar-refractivity contribution in [3.8, 4) is 0 Å². The van der Waals surface area contributed by atoms with Crippen molar-refractivity contribution < 1.29 is 18.4 Å². The van der Waals surface area contributed by atoms with Crippen LogP contribution >= 0.6 is 0 Å². The van der Waals surface area contributed by atoms with Crippen LogP contribution in [-0.2, 0) is 12.8 Å². The van der Waals surface area contributed by atoms with Gasteiger partial charge in [0, 0.05) is 25.9 Å². The van der Waals surface area contributed by atoms with E-state index in [2.05, 4.69) is 20.6 Å². The molecule has 2 amide bonds. The summed E-state index contributed by atoms with van der Waals surface area (Å²) in [5.74, 6) is 0.549. The highest BCUT2D eigenvalue weighted by Crippen LogP contribution is 2.14. The summed E-state index contributed by atoms with van der Waals surface area (Å²) in [7, 11) is 0. The van der Waals surface area contributed by atoms with Crippen molar-refractivity contribution in [1.82, 2.24) is 20.6 Å². The SMILES string of the molecule is CCc1ocnc1C(=O)NCC(C)(C)CNC(=O)c1ncoc1CC. The predicted octanol–water partition coefficient (Wildman–Crippen LogP) is 1.97. The minimum absolute atomic E-state index is 0.283. The van der Waals surface area contributed by atoms with E-state index in [9.17, 15) is 9.59 Å². The van der Waals surface area contributed by atoms with E-state index in [1.54, 1.807) is 0 Å². The van der Waals surface area contributed by atoms with E-state index in [1.807, 2.05) is 27.7 Å². The highest BCUT2D eigenvalue weighted by Gasteiger charge is 2.24. The van der Waals surface area contributed by atoms with Crippen molar-refractivity contribution in [2.45, 2.75) is 40.5 Å². The fourth-order valence-corrected chi connectivity index (χ4v) is 2.28. The standard InChI is InChI=1S/C17H24N4O4/c1-5-11-13(20-9-24-11)15(22)18-7-17(3,4)8-19-16(23)14-12(6-2)25-10-21-14/h9-10H,5-8H2,1-4H3,(H,18,22)(H,19,23). The van der Waals surface area contributed by atoms with Gasteiger partial charge in [-0.3, -0.25) is 9.59 Å². The number of carbonyl (C=O) groups excluding carboxylic acids is 2. The number of hydrogen-bond donors (Lipinski definition) is 2. The molecule has 8 heteroatoms. The number of carbonyl (C=O) groups is 2. The molecule has 0 saturated carbocycles. The van der Waals surface area contributed by atoms with E-state index < -0.39 is 0 Å². The van der Waals surface area contributed by atoms with Crippen LogP contribution in [0.5, 0.6) is 0 Å². The van der Waals surface area contributed by atoms with Gasteiger partial charge in [-0.15, -0.1) is 0 Å². The number of amides is 2. The van der Waals surface area contributed by atoms with Crippen molar-refractivity contribution in [2.24, 2.45) is 5.41 Å². The molecule has 2 aromatic heterocycles. The van der Waals surface area contributed by atoms with Crippen molar-refractivity contribution in [3.05, 3.63) is 35.7 Å². The molecule has 2 N–H and O–H groups in total. The molecule has 0 fully saturated rings. The molecule has 0 atom stereocenters. The van der Waals surface area contributed by atoms with Crippen molar-refractivity contribution in [2.75, 3.05) is 13.1 Å². The maximum absolute atomic E-state index is 12.2. The van der Waals surface area contributed by atoms with Crippen molar-refractivity contribution in [3.63, 3.8) is 0 Å². The van der Waals surface area contributed by atoms with Crippen LogP contribution in [0.3, 0.4) is 0 Å². The second kappa shape index (κ2) is 7.96. The first-order valence-electron chi connectivity index (χ1n) is 8.29. The van der Waals surface area contributed by atoms with Gasteiger partial charge in [0.2, 0.25) is 0 Å². The van der Waals surface area contributed by atoms with Gasteiger partial charge in [0.05, 0.1) is 0 Å². The van der Waals surface area contributed by atoms with E-state index in [-0.39, 0.29) is 17.2 Å². The van der Waals surface area contributed by atoms with E-state index in [0.717, 1.165) is 0 Å². The molecule has 0 unspecified atom stereocenters. The van der Waals surface area contributed by atoms with Gasteiger partial charge in [-0.25, -0.2) is 9.97 Å². The molecule has 2 heterocycles.